The molecule has 1 spiro atoms. The van der Waals surface area contributed by atoms with Crippen molar-refractivity contribution in [3.8, 4) is 0 Å². The number of carbonyl (C=O) groups is 2. The molecule has 2 aliphatic heterocycles. The molecule has 0 saturated heterocycles. The number of hydrogen-bond acceptors (Lipinski definition) is 6. The van der Waals surface area contributed by atoms with Gasteiger partial charge >= 0.3 is 12.1 Å². The van der Waals surface area contributed by atoms with E-state index in [1.807, 2.05) is 18.2 Å². The van der Waals surface area contributed by atoms with Crippen LogP contribution >= 0.6 is 0 Å². The van der Waals surface area contributed by atoms with E-state index in [9.17, 15) is 9.59 Å². The number of amides is 2. The molecule has 2 N–H and O–H groups in total. The highest BCUT2D eigenvalue weighted by Crippen LogP contribution is 2.39. The van der Waals surface area contributed by atoms with Crippen LogP contribution in [0.3, 0.4) is 0 Å². The second-order valence-corrected chi connectivity index (χ2v) is 7.75. The molecule has 9 nitrogen and oxygen atoms in total. The van der Waals surface area contributed by atoms with Crippen LogP contribution in [0.4, 0.5) is 15.3 Å². The molecule has 0 saturated carbocycles. The first-order valence-electron chi connectivity index (χ1n) is 10.3. The van der Waals surface area contributed by atoms with Gasteiger partial charge in [0.2, 0.25) is 0 Å². The zero-order chi connectivity index (χ0) is 22.1. The van der Waals surface area contributed by atoms with Crippen molar-refractivity contribution >= 4 is 28.7 Å². The Kier molecular flexibility index (Phi) is 4.93. The smallest absolute Gasteiger partial charge is 0.434 e. The molecular formula is C23H22N4O5. The zero-order valence-corrected chi connectivity index (χ0v) is 17.4. The number of allylic oxidation sites excluding steroid dienone is 2. The maximum absolute atomic E-state index is 13.0. The monoisotopic (exact) mass is 434 g/mol. The zero-order valence-electron chi connectivity index (χ0n) is 17.4. The number of aromatic nitrogens is 2. The van der Waals surface area contributed by atoms with Gasteiger partial charge in [-0.05, 0) is 48.8 Å². The summed E-state index contributed by atoms with van der Waals surface area (Å²) in [6.45, 7) is 0. The maximum atomic E-state index is 13.0. The van der Waals surface area contributed by atoms with Gasteiger partial charge < -0.3 is 24.8 Å². The van der Waals surface area contributed by atoms with E-state index >= 15 is 0 Å². The lowest BCUT2D eigenvalue weighted by molar-refractivity contribution is 0.0521. The summed E-state index contributed by atoms with van der Waals surface area (Å²) in [6.07, 6.45) is 14.1. The minimum atomic E-state index is -0.668. The van der Waals surface area contributed by atoms with Crippen LogP contribution in [0.1, 0.15) is 19.3 Å². The number of urea groups is 1. The lowest BCUT2D eigenvalue weighted by Gasteiger charge is -2.41. The number of nitrogens with one attached hydrogen (secondary N) is 2. The standard InChI is InChI=1S/C23H22N4O5/c1-30-22(29)27-19-7-4-6-17(16(19)14-24-27)25-21(28)26-18-13-23(9-11-31-12-10-23)32-20-8-3-2-5-15(18)20/h3-4,6-12,14,18H,2,5,13H2,1H3,(H2,25,26,28). The first kappa shape index (κ1) is 19.9. The molecule has 0 radical (unpaired) electrons. The van der Waals surface area contributed by atoms with E-state index in [0.29, 0.717) is 23.0 Å². The van der Waals surface area contributed by atoms with Crippen LogP contribution < -0.4 is 10.6 Å². The van der Waals surface area contributed by atoms with Crippen molar-refractivity contribution in [3.05, 3.63) is 72.6 Å². The van der Waals surface area contributed by atoms with Crippen LogP contribution in [-0.4, -0.2) is 40.7 Å². The number of rotatable bonds is 2. The molecule has 0 bridgehead atoms. The van der Waals surface area contributed by atoms with Gasteiger partial charge in [-0.3, -0.25) is 0 Å². The van der Waals surface area contributed by atoms with Gasteiger partial charge in [0.15, 0.2) is 5.60 Å². The number of fused-ring (bicyclic) bond motifs is 1. The third kappa shape index (κ3) is 3.51. The fraction of sp³-hybridized carbons (Fsp3) is 0.261. The quantitative estimate of drug-likeness (QED) is 0.742. The lowest BCUT2D eigenvalue weighted by atomic mass is 9.83. The van der Waals surface area contributed by atoms with Crippen molar-refractivity contribution in [3.63, 3.8) is 0 Å². The van der Waals surface area contributed by atoms with Crippen molar-refractivity contribution in [2.75, 3.05) is 12.4 Å². The SMILES string of the molecule is COC(=O)n1ncc2c(NC(=O)NC3CC4(C=COC=C4)OC4=C3CCC=C4)cccc21. The van der Waals surface area contributed by atoms with E-state index in [-0.39, 0.29) is 12.1 Å². The highest BCUT2D eigenvalue weighted by molar-refractivity contribution is 6.02. The number of benzene rings is 1. The number of carbonyl (C=O) groups excluding carboxylic acids is 2. The Balaban J connectivity index is 1.39. The Hall–Kier alpha value is -4.01. The molecule has 32 heavy (non-hydrogen) atoms. The second-order valence-electron chi connectivity index (χ2n) is 7.75. The molecule has 1 aliphatic carbocycles. The fourth-order valence-electron chi connectivity index (χ4n) is 4.25. The van der Waals surface area contributed by atoms with Gasteiger partial charge in [0, 0.05) is 11.8 Å². The van der Waals surface area contributed by atoms with Gasteiger partial charge in [0.05, 0.1) is 43.1 Å². The van der Waals surface area contributed by atoms with E-state index < -0.39 is 11.7 Å². The number of anilines is 1. The normalized spacial score (nSPS) is 20.5. The van der Waals surface area contributed by atoms with Crippen molar-refractivity contribution in [2.45, 2.75) is 30.9 Å². The van der Waals surface area contributed by atoms with E-state index in [4.69, 9.17) is 14.2 Å². The van der Waals surface area contributed by atoms with E-state index in [2.05, 4.69) is 21.8 Å². The highest BCUT2D eigenvalue weighted by Gasteiger charge is 2.40. The Bertz CT molecular complexity index is 1190. The maximum Gasteiger partial charge on any atom is 0.434 e. The van der Waals surface area contributed by atoms with Gasteiger partial charge in [-0.15, -0.1) is 0 Å². The molecule has 1 atom stereocenters. The first-order chi connectivity index (χ1) is 15.6. The Morgan fingerprint density at radius 1 is 1.28 bits per heavy atom. The van der Waals surface area contributed by atoms with E-state index in [1.54, 1.807) is 30.7 Å². The average molecular weight is 434 g/mol. The number of ether oxygens (including phenoxy) is 3. The van der Waals surface area contributed by atoms with Gasteiger partial charge in [-0.2, -0.15) is 9.78 Å². The molecule has 9 heteroatoms. The lowest BCUT2D eigenvalue weighted by Crippen LogP contribution is -2.48. The molecule has 2 aromatic rings. The summed E-state index contributed by atoms with van der Waals surface area (Å²) in [7, 11) is 1.29. The third-order valence-corrected chi connectivity index (χ3v) is 5.78. The van der Waals surface area contributed by atoms with Crippen molar-refractivity contribution in [1.82, 2.24) is 15.1 Å². The number of hydrogen-bond donors (Lipinski definition) is 2. The van der Waals surface area contributed by atoms with Crippen LogP contribution in [0.25, 0.3) is 10.9 Å². The average Bonchev–Trinajstić information content (AvgIpc) is 3.24. The van der Waals surface area contributed by atoms with Gasteiger partial charge in [-0.25, -0.2) is 9.59 Å². The molecule has 3 heterocycles. The van der Waals surface area contributed by atoms with E-state index in [1.165, 1.54) is 13.3 Å². The van der Waals surface area contributed by atoms with Gasteiger partial charge in [0.1, 0.15) is 5.76 Å². The van der Waals surface area contributed by atoms with Gasteiger partial charge in [-0.1, -0.05) is 12.1 Å². The van der Waals surface area contributed by atoms with Crippen LogP contribution in [0.15, 0.2) is 72.6 Å². The molecule has 5 rings (SSSR count). The molecule has 2 amide bonds. The molecule has 3 aliphatic rings. The molecule has 164 valence electrons. The molecular weight excluding hydrogens is 412 g/mol. The minimum absolute atomic E-state index is 0.215. The summed E-state index contributed by atoms with van der Waals surface area (Å²) in [4.78, 5) is 24.9. The third-order valence-electron chi connectivity index (χ3n) is 5.78. The van der Waals surface area contributed by atoms with Gasteiger partial charge in [0.25, 0.3) is 0 Å². The predicted molar refractivity (Wildman–Crippen MR) is 117 cm³/mol. The predicted octanol–water partition coefficient (Wildman–Crippen LogP) is 3.96. The van der Waals surface area contributed by atoms with Crippen molar-refractivity contribution < 1.29 is 23.8 Å². The summed E-state index contributed by atoms with van der Waals surface area (Å²) in [5.41, 5.74) is 1.48. The van der Waals surface area contributed by atoms with Crippen LogP contribution in [0, 0.1) is 0 Å². The fourth-order valence-corrected chi connectivity index (χ4v) is 4.25. The minimum Gasteiger partial charge on any atom is -0.479 e. The number of methoxy groups -OCH3 is 1. The number of nitrogens with zero attached hydrogens (tertiary/aromatic N) is 2. The topological polar surface area (TPSA) is 104 Å². The Morgan fingerprint density at radius 2 is 2.12 bits per heavy atom. The summed E-state index contributed by atoms with van der Waals surface area (Å²) in [5, 5.41) is 10.7. The Morgan fingerprint density at radius 3 is 2.94 bits per heavy atom. The summed E-state index contributed by atoms with van der Waals surface area (Å²) >= 11 is 0. The Labute approximate surface area is 184 Å². The van der Waals surface area contributed by atoms with Crippen LogP contribution in [-0.2, 0) is 14.2 Å². The largest absolute Gasteiger partial charge is 0.479 e. The summed E-state index contributed by atoms with van der Waals surface area (Å²) in [6, 6.07) is 4.67. The van der Waals surface area contributed by atoms with Crippen LogP contribution in [0.2, 0.25) is 0 Å². The molecule has 1 aromatic carbocycles. The second kappa shape index (κ2) is 7.92. The molecule has 1 aromatic heterocycles. The molecule has 0 fully saturated rings. The molecule has 1 unspecified atom stereocenters. The van der Waals surface area contributed by atoms with Crippen molar-refractivity contribution in [2.24, 2.45) is 0 Å². The summed E-state index contributed by atoms with van der Waals surface area (Å²) < 4.78 is 17.3. The highest BCUT2D eigenvalue weighted by atomic mass is 16.5. The first-order valence-corrected chi connectivity index (χ1v) is 10.3. The summed E-state index contributed by atoms with van der Waals surface area (Å²) in [5.74, 6) is 0.783. The van der Waals surface area contributed by atoms with Crippen LogP contribution in [0.5, 0.6) is 0 Å². The van der Waals surface area contributed by atoms with E-state index in [0.717, 1.165) is 28.9 Å². The van der Waals surface area contributed by atoms with Crippen molar-refractivity contribution in [1.29, 1.82) is 0 Å².